The van der Waals surface area contributed by atoms with Crippen LogP contribution in [0.15, 0.2) is 16.5 Å². The molecule has 0 aromatic carbocycles. The molecule has 2 rings (SSSR count). The first-order chi connectivity index (χ1) is 9.97. The minimum atomic E-state index is -0.168. The number of urea groups is 1. The van der Waals surface area contributed by atoms with Crippen LogP contribution in [0.3, 0.4) is 0 Å². The quantitative estimate of drug-likeness (QED) is 0.906. The molecule has 0 radical (unpaired) electrons. The number of nitrogens with one attached hydrogen (secondary N) is 1. The van der Waals surface area contributed by atoms with Crippen molar-refractivity contribution in [3.05, 3.63) is 23.7 Å². The van der Waals surface area contributed by atoms with Crippen LogP contribution in [0, 0.1) is 6.92 Å². The molecule has 1 N–H and O–H groups in total. The van der Waals surface area contributed by atoms with Crippen LogP contribution in [0.2, 0.25) is 0 Å². The molecular formula is C15H23N3O3. The van der Waals surface area contributed by atoms with Gasteiger partial charge in [0.1, 0.15) is 11.5 Å². The summed E-state index contributed by atoms with van der Waals surface area (Å²) in [6, 6.07) is 3.48. The molecular weight excluding hydrogens is 270 g/mol. The van der Waals surface area contributed by atoms with Crippen LogP contribution in [0.1, 0.15) is 37.8 Å². The van der Waals surface area contributed by atoms with Crippen LogP contribution >= 0.6 is 0 Å². The molecule has 1 aliphatic rings. The van der Waals surface area contributed by atoms with Crippen LogP contribution in [0.4, 0.5) is 4.79 Å². The van der Waals surface area contributed by atoms with Crippen LogP contribution in [0.25, 0.3) is 0 Å². The lowest BCUT2D eigenvalue weighted by atomic mass is 10.2. The van der Waals surface area contributed by atoms with Crippen LogP contribution < -0.4 is 5.32 Å². The van der Waals surface area contributed by atoms with E-state index in [1.54, 1.807) is 16.7 Å². The summed E-state index contributed by atoms with van der Waals surface area (Å²) in [6.45, 7) is 7.88. The molecule has 21 heavy (non-hydrogen) atoms. The Labute approximate surface area is 125 Å². The molecule has 0 spiro atoms. The highest BCUT2D eigenvalue weighted by Crippen LogP contribution is 2.16. The molecule has 1 aromatic heterocycles. The summed E-state index contributed by atoms with van der Waals surface area (Å²) in [7, 11) is 0. The van der Waals surface area contributed by atoms with Gasteiger partial charge in [0.25, 0.3) is 0 Å². The fourth-order valence-corrected chi connectivity index (χ4v) is 2.47. The molecule has 1 fully saturated rings. The lowest BCUT2D eigenvalue weighted by Gasteiger charge is -2.23. The molecule has 0 unspecified atom stereocenters. The minimum absolute atomic E-state index is 0.0664. The van der Waals surface area contributed by atoms with Crippen molar-refractivity contribution in [2.45, 2.75) is 33.2 Å². The van der Waals surface area contributed by atoms with Gasteiger partial charge in [0.2, 0.25) is 5.91 Å². The summed E-state index contributed by atoms with van der Waals surface area (Å²) in [5.41, 5.74) is 0. The number of nitrogens with zero attached hydrogens (tertiary/aromatic N) is 2. The predicted molar refractivity (Wildman–Crippen MR) is 78.8 cm³/mol. The van der Waals surface area contributed by atoms with Crippen molar-refractivity contribution in [3.8, 4) is 0 Å². The van der Waals surface area contributed by atoms with Crippen molar-refractivity contribution in [3.63, 3.8) is 0 Å². The Bertz CT molecular complexity index is 512. The highest BCUT2D eigenvalue weighted by atomic mass is 16.3. The van der Waals surface area contributed by atoms with Gasteiger partial charge in [0.15, 0.2) is 0 Å². The van der Waals surface area contributed by atoms with Crippen molar-refractivity contribution in [2.24, 2.45) is 0 Å². The zero-order valence-electron chi connectivity index (χ0n) is 12.9. The second-order valence-corrected chi connectivity index (χ2v) is 5.47. The number of hydrogen-bond acceptors (Lipinski definition) is 3. The highest BCUT2D eigenvalue weighted by Gasteiger charge is 2.22. The molecule has 2 heterocycles. The van der Waals surface area contributed by atoms with E-state index in [2.05, 4.69) is 5.32 Å². The molecule has 6 heteroatoms. The zero-order valence-corrected chi connectivity index (χ0v) is 12.9. The van der Waals surface area contributed by atoms with Crippen molar-refractivity contribution in [2.75, 3.05) is 26.2 Å². The largest absolute Gasteiger partial charge is 0.464 e. The first-order valence-corrected chi connectivity index (χ1v) is 7.34. The zero-order chi connectivity index (χ0) is 15.4. The maximum Gasteiger partial charge on any atom is 0.318 e. The fraction of sp³-hybridized carbons (Fsp3) is 0.600. The normalized spacial score (nSPS) is 17.3. The molecule has 116 valence electrons. The molecule has 0 aliphatic carbocycles. The van der Waals surface area contributed by atoms with Gasteiger partial charge < -0.3 is 19.5 Å². The van der Waals surface area contributed by atoms with Gasteiger partial charge in [-0.1, -0.05) is 0 Å². The molecule has 1 aliphatic heterocycles. The van der Waals surface area contributed by atoms with Gasteiger partial charge in [-0.15, -0.1) is 0 Å². The number of hydrogen-bond donors (Lipinski definition) is 1. The van der Waals surface area contributed by atoms with E-state index in [4.69, 9.17) is 4.42 Å². The summed E-state index contributed by atoms with van der Waals surface area (Å²) < 4.78 is 5.52. The molecule has 1 atom stereocenters. The second kappa shape index (κ2) is 6.65. The van der Waals surface area contributed by atoms with E-state index >= 15 is 0 Å². The van der Waals surface area contributed by atoms with E-state index in [-0.39, 0.29) is 18.0 Å². The van der Waals surface area contributed by atoms with E-state index in [1.165, 1.54) is 0 Å². The third kappa shape index (κ3) is 4.00. The third-order valence-corrected chi connectivity index (χ3v) is 3.76. The maximum atomic E-state index is 12.3. The van der Waals surface area contributed by atoms with Gasteiger partial charge in [0.05, 0.1) is 6.04 Å². The highest BCUT2D eigenvalue weighted by molar-refractivity contribution is 5.75. The average Bonchev–Trinajstić information content (AvgIpc) is 2.73. The summed E-state index contributed by atoms with van der Waals surface area (Å²) >= 11 is 0. The Morgan fingerprint density at radius 1 is 1.19 bits per heavy atom. The first-order valence-electron chi connectivity index (χ1n) is 7.34. The summed E-state index contributed by atoms with van der Waals surface area (Å²) in [5, 5.41) is 2.94. The van der Waals surface area contributed by atoms with E-state index in [9.17, 15) is 9.59 Å². The molecule has 1 saturated heterocycles. The summed E-state index contributed by atoms with van der Waals surface area (Å²) in [6.07, 6.45) is 0.807. The van der Waals surface area contributed by atoms with Crippen LogP contribution in [0.5, 0.6) is 0 Å². The van der Waals surface area contributed by atoms with E-state index in [1.807, 2.05) is 26.0 Å². The molecule has 0 bridgehead atoms. The van der Waals surface area contributed by atoms with Gasteiger partial charge >= 0.3 is 6.03 Å². The monoisotopic (exact) mass is 293 g/mol. The number of aryl methyl sites for hydroxylation is 1. The molecule has 3 amide bonds. The molecule has 6 nitrogen and oxygen atoms in total. The fourth-order valence-electron chi connectivity index (χ4n) is 2.47. The Kier molecular flexibility index (Phi) is 4.88. The number of furan rings is 1. The lowest BCUT2D eigenvalue weighted by Crippen LogP contribution is -2.43. The number of carbonyl (C=O) groups excluding carboxylic acids is 2. The second-order valence-electron chi connectivity index (χ2n) is 5.47. The molecule has 1 aromatic rings. The Morgan fingerprint density at radius 3 is 2.48 bits per heavy atom. The third-order valence-electron chi connectivity index (χ3n) is 3.76. The SMILES string of the molecule is CC(=O)N1CCCN(C(=O)N[C@@H](C)c2ccc(C)o2)CC1. The number of carbonyl (C=O) groups is 2. The van der Waals surface area contributed by atoms with Gasteiger partial charge in [0, 0.05) is 33.1 Å². The maximum absolute atomic E-state index is 12.3. The van der Waals surface area contributed by atoms with E-state index in [0.717, 1.165) is 17.9 Å². The van der Waals surface area contributed by atoms with Crippen molar-refractivity contribution >= 4 is 11.9 Å². The Hall–Kier alpha value is -1.98. The first kappa shape index (κ1) is 15.4. The van der Waals surface area contributed by atoms with Crippen LogP contribution in [-0.2, 0) is 4.79 Å². The van der Waals surface area contributed by atoms with Crippen LogP contribution in [-0.4, -0.2) is 47.9 Å². The predicted octanol–water partition coefficient (Wildman–Crippen LogP) is 1.91. The summed E-state index contributed by atoms with van der Waals surface area (Å²) in [4.78, 5) is 27.2. The standard InChI is InChI=1S/C15H23N3O3/c1-11-5-6-14(21-11)12(2)16-15(20)18-8-4-7-17(9-10-18)13(3)19/h5-6,12H,4,7-10H2,1-3H3,(H,16,20)/t12-/m0/s1. The molecule has 0 saturated carbocycles. The van der Waals surface area contributed by atoms with Crippen molar-refractivity contribution in [1.29, 1.82) is 0 Å². The number of amides is 3. The van der Waals surface area contributed by atoms with Crippen molar-refractivity contribution in [1.82, 2.24) is 15.1 Å². The average molecular weight is 293 g/mol. The van der Waals surface area contributed by atoms with Gasteiger partial charge in [-0.2, -0.15) is 0 Å². The van der Waals surface area contributed by atoms with Gasteiger partial charge in [-0.05, 0) is 32.4 Å². The van der Waals surface area contributed by atoms with Gasteiger partial charge in [-0.25, -0.2) is 4.79 Å². The van der Waals surface area contributed by atoms with E-state index < -0.39 is 0 Å². The van der Waals surface area contributed by atoms with Crippen molar-refractivity contribution < 1.29 is 14.0 Å². The lowest BCUT2D eigenvalue weighted by molar-refractivity contribution is -0.128. The topological polar surface area (TPSA) is 65.8 Å². The smallest absolute Gasteiger partial charge is 0.318 e. The van der Waals surface area contributed by atoms with E-state index in [0.29, 0.717) is 26.2 Å². The Balaban J connectivity index is 1.89. The van der Waals surface area contributed by atoms with Gasteiger partial charge in [-0.3, -0.25) is 4.79 Å². The number of rotatable bonds is 2. The Morgan fingerprint density at radius 2 is 1.86 bits per heavy atom. The minimum Gasteiger partial charge on any atom is -0.464 e. The summed E-state index contributed by atoms with van der Waals surface area (Å²) in [5.74, 6) is 1.65.